The van der Waals surface area contributed by atoms with Crippen molar-refractivity contribution in [2.45, 2.75) is 30.7 Å². The van der Waals surface area contributed by atoms with E-state index in [0.717, 1.165) is 55.9 Å². The highest BCUT2D eigenvalue weighted by Gasteiger charge is 2.20. The van der Waals surface area contributed by atoms with Gasteiger partial charge in [-0.05, 0) is 66.9 Å². The number of hydrogen-bond donors (Lipinski definition) is 1. The second kappa shape index (κ2) is 11.6. The molecule has 0 unspecified atom stereocenters. The van der Waals surface area contributed by atoms with E-state index in [1.165, 1.54) is 29.8 Å². The zero-order valence-electron chi connectivity index (χ0n) is 18.2. The highest BCUT2D eigenvalue weighted by Crippen LogP contribution is 2.36. The van der Waals surface area contributed by atoms with Crippen LogP contribution in [0.2, 0.25) is 0 Å². The maximum Gasteiger partial charge on any atom is 0.123 e. The van der Waals surface area contributed by atoms with Gasteiger partial charge in [0.25, 0.3) is 0 Å². The second-order valence-electron chi connectivity index (χ2n) is 8.34. The minimum absolute atomic E-state index is 0.0706. The summed E-state index contributed by atoms with van der Waals surface area (Å²) in [4.78, 5) is 2.53. The summed E-state index contributed by atoms with van der Waals surface area (Å²) in [6.45, 7) is 4.16. The Bertz CT molecular complexity index is 894. The fourth-order valence-electron chi connectivity index (χ4n) is 4.18. The Labute approximate surface area is 194 Å². The van der Waals surface area contributed by atoms with Crippen molar-refractivity contribution in [3.05, 3.63) is 107 Å². The van der Waals surface area contributed by atoms with Gasteiger partial charge in [-0.1, -0.05) is 54.6 Å². The predicted molar refractivity (Wildman–Crippen MR) is 130 cm³/mol. The first kappa shape index (κ1) is 23.0. The first-order valence-electron chi connectivity index (χ1n) is 11.3. The standard InChI is InChI=1S/C27H30F2N2S/c28-24-10-6-22(7-11-24)27(23-8-12-25(29)13-9-23)32-19-18-31-16-14-26(15-17-31)30-20-21-4-2-1-3-5-21/h1-13,26-27,30H,14-20H2. The van der Waals surface area contributed by atoms with Gasteiger partial charge in [0.1, 0.15) is 11.6 Å². The number of nitrogens with one attached hydrogen (secondary N) is 1. The maximum absolute atomic E-state index is 13.4. The summed E-state index contributed by atoms with van der Waals surface area (Å²) in [6, 6.07) is 24.5. The van der Waals surface area contributed by atoms with Crippen LogP contribution in [0.3, 0.4) is 0 Å². The number of nitrogens with zero attached hydrogens (tertiary/aromatic N) is 1. The van der Waals surface area contributed by atoms with E-state index in [4.69, 9.17) is 0 Å². The summed E-state index contributed by atoms with van der Waals surface area (Å²) in [7, 11) is 0. The van der Waals surface area contributed by atoms with Crippen LogP contribution in [0.4, 0.5) is 8.78 Å². The third-order valence-corrected chi connectivity index (χ3v) is 7.36. The van der Waals surface area contributed by atoms with Crippen LogP contribution in [0.1, 0.15) is 34.8 Å². The summed E-state index contributed by atoms with van der Waals surface area (Å²) in [5.41, 5.74) is 3.43. The molecular formula is C27H30F2N2S. The summed E-state index contributed by atoms with van der Waals surface area (Å²) in [5, 5.41) is 3.76. The van der Waals surface area contributed by atoms with Crippen LogP contribution in [0.25, 0.3) is 0 Å². The van der Waals surface area contributed by atoms with Gasteiger partial charge in [0, 0.05) is 24.9 Å². The summed E-state index contributed by atoms with van der Waals surface area (Å²) in [6.07, 6.45) is 2.33. The largest absolute Gasteiger partial charge is 0.310 e. The van der Waals surface area contributed by atoms with E-state index < -0.39 is 0 Å². The number of halogens is 2. The van der Waals surface area contributed by atoms with Crippen LogP contribution >= 0.6 is 11.8 Å². The lowest BCUT2D eigenvalue weighted by Crippen LogP contribution is -2.42. The van der Waals surface area contributed by atoms with Gasteiger partial charge in [-0.2, -0.15) is 0 Å². The highest BCUT2D eigenvalue weighted by atomic mass is 32.2. The third-order valence-electron chi connectivity index (χ3n) is 6.06. The van der Waals surface area contributed by atoms with Gasteiger partial charge >= 0.3 is 0 Å². The van der Waals surface area contributed by atoms with E-state index in [2.05, 4.69) is 40.5 Å². The molecule has 1 fully saturated rings. The molecule has 32 heavy (non-hydrogen) atoms. The SMILES string of the molecule is Fc1ccc(C(SCCN2CCC(NCc3ccccc3)CC2)c2ccc(F)cc2)cc1. The second-order valence-corrected chi connectivity index (χ2v) is 9.55. The molecule has 1 N–H and O–H groups in total. The smallest absolute Gasteiger partial charge is 0.123 e. The first-order chi connectivity index (χ1) is 15.7. The van der Waals surface area contributed by atoms with E-state index in [1.54, 1.807) is 0 Å². The van der Waals surface area contributed by atoms with Gasteiger partial charge in [0.05, 0.1) is 5.25 Å². The first-order valence-corrected chi connectivity index (χ1v) is 12.3. The number of thioether (sulfide) groups is 1. The topological polar surface area (TPSA) is 15.3 Å². The van der Waals surface area contributed by atoms with E-state index in [-0.39, 0.29) is 16.9 Å². The molecule has 3 aromatic carbocycles. The van der Waals surface area contributed by atoms with E-state index >= 15 is 0 Å². The molecule has 5 heteroatoms. The van der Waals surface area contributed by atoms with Gasteiger partial charge in [-0.15, -0.1) is 11.8 Å². The van der Waals surface area contributed by atoms with Crippen LogP contribution in [0, 0.1) is 11.6 Å². The third kappa shape index (κ3) is 6.64. The quantitative estimate of drug-likeness (QED) is 0.426. The Morgan fingerprint density at radius 3 is 1.94 bits per heavy atom. The molecule has 0 radical (unpaired) electrons. The fraction of sp³-hybridized carbons (Fsp3) is 0.333. The zero-order chi connectivity index (χ0) is 22.2. The number of hydrogen-bond acceptors (Lipinski definition) is 3. The Kier molecular flexibility index (Phi) is 8.32. The molecule has 0 bridgehead atoms. The monoisotopic (exact) mass is 452 g/mol. The van der Waals surface area contributed by atoms with Crippen LogP contribution in [0.15, 0.2) is 78.9 Å². The minimum atomic E-state index is -0.236. The molecular weight excluding hydrogens is 422 g/mol. The van der Waals surface area contributed by atoms with Crippen molar-refractivity contribution in [2.75, 3.05) is 25.4 Å². The van der Waals surface area contributed by atoms with Gasteiger partial charge < -0.3 is 10.2 Å². The highest BCUT2D eigenvalue weighted by molar-refractivity contribution is 7.99. The lowest BCUT2D eigenvalue weighted by Gasteiger charge is -2.32. The van der Waals surface area contributed by atoms with E-state index in [0.29, 0.717) is 6.04 Å². The molecule has 3 aromatic rings. The van der Waals surface area contributed by atoms with Crippen molar-refractivity contribution in [1.29, 1.82) is 0 Å². The molecule has 4 rings (SSSR count). The van der Waals surface area contributed by atoms with Gasteiger partial charge in [0.15, 0.2) is 0 Å². The fourth-order valence-corrected chi connectivity index (χ4v) is 5.48. The molecule has 168 valence electrons. The van der Waals surface area contributed by atoms with Crippen LogP contribution < -0.4 is 5.32 Å². The molecule has 1 heterocycles. The number of rotatable bonds is 9. The molecule has 0 aromatic heterocycles. The molecule has 2 nitrogen and oxygen atoms in total. The van der Waals surface area contributed by atoms with Crippen LogP contribution in [-0.4, -0.2) is 36.3 Å². The molecule has 1 aliphatic rings. The lowest BCUT2D eigenvalue weighted by molar-refractivity contribution is 0.207. The van der Waals surface area contributed by atoms with Crippen molar-refractivity contribution in [1.82, 2.24) is 10.2 Å². The Morgan fingerprint density at radius 1 is 0.812 bits per heavy atom. The number of likely N-dealkylation sites (tertiary alicyclic amines) is 1. The normalized spacial score (nSPS) is 15.3. The van der Waals surface area contributed by atoms with Crippen LogP contribution in [0.5, 0.6) is 0 Å². The molecule has 0 aliphatic carbocycles. The van der Waals surface area contributed by atoms with Crippen molar-refractivity contribution in [3.8, 4) is 0 Å². The van der Waals surface area contributed by atoms with Gasteiger partial charge in [0.2, 0.25) is 0 Å². The van der Waals surface area contributed by atoms with Crippen molar-refractivity contribution < 1.29 is 8.78 Å². The average molecular weight is 453 g/mol. The lowest BCUT2D eigenvalue weighted by atomic mass is 10.0. The molecule has 0 spiro atoms. The van der Waals surface area contributed by atoms with Crippen LogP contribution in [-0.2, 0) is 6.54 Å². The maximum atomic E-state index is 13.4. The number of piperidine rings is 1. The summed E-state index contributed by atoms with van der Waals surface area (Å²) < 4.78 is 26.8. The zero-order valence-corrected chi connectivity index (χ0v) is 19.0. The number of benzene rings is 3. The minimum Gasteiger partial charge on any atom is -0.310 e. The molecule has 0 saturated carbocycles. The van der Waals surface area contributed by atoms with Crippen molar-refractivity contribution in [2.24, 2.45) is 0 Å². The molecule has 1 aliphatic heterocycles. The van der Waals surface area contributed by atoms with Gasteiger partial charge in [-0.3, -0.25) is 0 Å². The van der Waals surface area contributed by atoms with Crippen molar-refractivity contribution >= 4 is 11.8 Å². The molecule has 0 amide bonds. The molecule has 1 saturated heterocycles. The predicted octanol–water partition coefficient (Wildman–Crippen LogP) is 6.04. The average Bonchev–Trinajstić information content (AvgIpc) is 2.83. The van der Waals surface area contributed by atoms with Crippen molar-refractivity contribution in [3.63, 3.8) is 0 Å². The Morgan fingerprint density at radius 2 is 1.38 bits per heavy atom. The van der Waals surface area contributed by atoms with E-state index in [1.807, 2.05) is 36.0 Å². The van der Waals surface area contributed by atoms with Gasteiger partial charge in [-0.25, -0.2) is 8.78 Å². The summed E-state index contributed by atoms with van der Waals surface area (Å²) >= 11 is 1.84. The Hall–Kier alpha value is -2.21. The molecule has 0 atom stereocenters. The Balaban J connectivity index is 1.26. The van der Waals surface area contributed by atoms with E-state index in [9.17, 15) is 8.78 Å². The summed E-state index contributed by atoms with van der Waals surface area (Å²) in [5.74, 6) is 0.502.